The second-order valence-corrected chi connectivity index (χ2v) is 3.75. The molecule has 2 rings (SSSR count). The van der Waals surface area contributed by atoms with Crippen LogP contribution >= 0.6 is 15.9 Å². The molecule has 0 aliphatic heterocycles. The Labute approximate surface area is 90.1 Å². The van der Waals surface area contributed by atoms with Crippen molar-refractivity contribution in [2.45, 2.75) is 13.8 Å². The molecule has 14 heavy (non-hydrogen) atoms. The largest absolute Gasteiger partial charge is 0.251 e. The summed E-state index contributed by atoms with van der Waals surface area (Å²) in [4.78, 5) is 8.64. The predicted octanol–water partition coefficient (Wildman–Crippen LogP) is 2.04. The maximum absolute atomic E-state index is 4.32. The van der Waals surface area contributed by atoms with Crippen molar-refractivity contribution in [3.05, 3.63) is 34.3 Å². The van der Waals surface area contributed by atoms with Crippen molar-refractivity contribution in [2.24, 2.45) is 0 Å². The van der Waals surface area contributed by atoms with E-state index in [1.165, 1.54) is 0 Å². The quantitative estimate of drug-likeness (QED) is 0.781. The van der Waals surface area contributed by atoms with Gasteiger partial charge in [-0.2, -0.15) is 5.10 Å². The maximum atomic E-state index is 4.32. The number of hydrogen-bond donors (Lipinski definition) is 0. The summed E-state index contributed by atoms with van der Waals surface area (Å²) < 4.78 is 2.60. The van der Waals surface area contributed by atoms with Gasteiger partial charge in [-0.25, -0.2) is 14.6 Å². The third kappa shape index (κ3) is 1.55. The Hall–Kier alpha value is -1.23. The van der Waals surface area contributed by atoms with Gasteiger partial charge in [0.2, 0.25) is 0 Å². The molecule has 0 fully saturated rings. The first kappa shape index (κ1) is 9.33. The Morgan fingerprint density at radius 3 is 2.36 bits per heavy atom. The van der Waals surface area contributed by atoms with Crippen LogP contribution in [0.2, 0.25) is 0 Å². The van der Waals surface area contributed by atoms with Gasteiger partial charge in [-0.15, -0.1) is 0 Å². The van der Waals surface area contributed by atoms with E-state index in [2.05, 4.69) is 31.0 Å². The molecule has 0 unspecified atom stereocenters. The third-order valence-corrected chi connectivity index (χ3v) is 3.03. The lowest BCUT2D eigenvalue weighted by Crippen LogP contribution is -2.05. The lowest BCUT2D eigenvalue weighted by Gasteiger charge is -2.05. The molecule has 0 saturated heterocycles. The van der Waals surface area contributed by atoms with Crippen LogP contribution in [0.5, 0.6) is 0 Å². The molecule has 4 nitrogen and oxygen atoms in total. The minimum atomic E-state index is 0.605. The van der Waals surface area contributed by atoms with E-state index in [4.69, 9.17) is 0 Å². The molecule has 0 spiro atoms. The average Bonchev–Trinajstić information content (AvgIpc) is 2.66. The van der Waals surface area contributed by atoms with Crippen LogP contribution in [0.3, 0.4) is 0 Å². The number of hydrogen-bond acceptors (Lipinski definition) is 3. The molecule has 0 aliphatic carbocycles. The molecule has 0 radical (unpaired) electrons. The first-order valence-electron chi connectivity index (χ1n) is 4.19. The highest BCUT2D eigenvalue weighted by Crippen LogP contribution is 2.17. The van der Waals surface area contributed by atoms with Gasteiger partial charge in [-0.05, 0) is 35.8 Å². The smallest absolute Gasteiger partial charge is 0.215 e. The van der Waals surface area contributed by atoms with Crippen LogP contribution in [-0.2, 0) is 0 Å². The van der Waals surface area contributed by atoms with Gasteiger partial charge in [0, 0.05) is 12.4 Å². The molecule has 0 bridgehead atoms. The summed E-state index contributed by atoms with van der Waals surface area (Å²) in [5.41, 5.74) is 1.84. The van der Waals surface area contributed by atoms with Gasteiger partial charge in [0.15, 0.2) is 0 Å². The second-order valence-electron chi connectivity index (χ2n) is 2.96. The Morgan fingerprint density at radius 2 is 1.86 bits per heavy atom. The van der Waals surface area contributed by atoms with Crippen molar-refractivity contribution in [2.75, 3.05) is 0 Å². The molecule has 0 atom stereocenters. The SMILES string of the molecule is Cc1nc(-n2cccn2)nc(C)c1Br. The van der Waals surface area contributed by atoms with Crippen molar-refractivity contribution in [1.29, 1.82) is 0 Å². The normalized spacial score (nSPS) is 10.5. The molecule has 0 amide bonds. The molecule has 0 N–H and O–H groups in total. The molecule has 0 aliphatic rings. The number of nitrogens with zero attached hydrogens (tertiary/aromatic N) is 4. The van der Waals surface area contributed by atoms with Crippen molar-refractivity contribution in [1.82, 2.24) is 19.7 Å². The zero-order chi connectivity index (χ0) is 10.1. The van der Waals surface area contributed by atoms with Gasteiger partial charge in [-0.3, -0.25) is 0 Å². The first-order valence-corrected chi connectivity index (χ1v) is 4.98. The summed E-state index contributed by atoms with van der Waals surface area (Å²) in [5.74, 6) is 0.605. The summed E-state index contributed by atoms with van der Waals surface area (Å²) in [6.45, 7) is 3.87. The van der Waals surface area contributed by atoms with Gasteiger partial charge in [-0.1, -0.05) is 0 Å². The fourth-order valence-corrected chi connectivity index (χ4v) is 1.35. The third-order valence-electron chi connectivity index (χ3n) is 1.88. The highest BCUT2D eigenvalue weighted by molar-refractivity contribution is 9.10. The summed E-state index contributed by atoms with van der Waals surface area (Å²) in [5, 5.41) is 4.07. The van der Waals surface area contributed by atoms with Gasteiger partial charge >= 0.3 is 0 Å². The molecule has 2 aromatic heterocycles. The molecular weight excluding hydrogens is 244 g/mol. The molecule has 0 aromatic carbocycles. The van der Waals surface area contributed by atoms with E-state index in [0.29, 0.717) is 5.95 Å². The fraction of sp³-hybridized carbons (Fsp3) is 0.222. The van der Waals surface area contributed by atoms with E-state index < -0.39 is 0 Å². The summed E-state index contributed by atoms with van der Waals surface area (Å²) in [7, 11) is 0. The summed E-state index contributed by atoms with van der Waals surface area (Å²) in [6, 6.07) is 1.84. The van der Waals surface area contributed by atoms with E-state index in [0.717, 1.165) is 15.9 Å². The number of halogens is 1. The van der Waals surface area contributed by atoms with E-state index in [1.807, 2.05) is 26.1 Å². The van der Waals surface area contributed by atoms with Crippen LogP contribution in [0, 0.1) is 13.8 Å². The molecule has 2 aromatic rings. The highest BCUT2D eigenvalue weighted by Gasteiger charge is 2.06. The van der Waals surface area contributed by atoms with E-state index in [1.54, 1.807) is 10.9 Å². The van der Waals surface area contributed by atoms with Gasteiger partial charge in [0.05, 0.1) is 15.9 Å². The zero-order valence-electron chi connectivity index (χ0n) is 7.90. The minimum absolute atomic E-state index is 0.605. The highest BCUT2D eigenvalue weighted by atomic mass is 79.9. The van der Waals surface area contributed by atoms with E-state index >= 15 is 0 Å². The molecule has 5 heteroatoms. The van der Waals surface area contributed by atoms with Crippen molar-refractivity contribution in [3.63, 3.8) is 0 Å². The maximum Gasteiger partial charge on any atom is 0.251 e. The van der Waals surface area contributed by atoms with Crippen LogP contribution in [0.4, 0.5) is 0 Å². The standard InChI is InChI=1S/C9H9BrN4/c1-6-8(10)7(2)13-9(12-6)14-5-3-4-11-14/h3-5H,1-2H3. The Balaban J connectivity index is 2.57. The van der Waals surface area contributed by atoms with E-state index in [9.17, 15) is 0 Å². The van der Waals surface area contributed by atoms with E-state index in [-0.39, 0.29) is 0 Å². The lowest BCUT2D eigenvalue weighted by atomic mass is 10.3. The van der Waals surface area contributed by atoms with Crippen LogP contribution < -0.4 is 0 Å². The lowest BCUT2D eigenvalue weighted by molar-refractivity contribution is 0.791. The van der Waals surface area contributed by atoms with Crippen molar-refractivity contribution >= 4 is 15.9 Å². The number of aryl methyl sites for hydroxylation is 2. The predicted molar refractivity (Wildman–Crippen MR) is 56.3 cm³/mol. The van der Waals surface area contributed by atoms with Gasteiger partial charge in [0.25, 0.3) is 5.95 Å². The Bertz CT molecular complexity index is 427. The number of aromatic nitrogens is 4. The number of rotatable bonds is 1. The topological polar surface area (TPSA) is 43.6 Å². The molecule has 72 valence electrons. The van der Waals surface area contributed by atoms with Crippen LogP contribution in [0.25, 0.3) is 5.95 Å². The first-order chi connectivity index (χ1) is 6.68. The van der Waals surface area contributed by atoms with Crippen molar-refractivity contribution in [3.8, 4) is 5.95 Å². The molecule has 2 heterocycles. The fourth-order valence-electron chi connectivity index (χ4n) is 1.17. The molecule has 0 saturated carbocycles. The van der Waals surface area contributed by atoms with Gasteiger partial charge in [0.1, 0.15) is 0 Å². The Kier molecular flexibility index (Phi) is 2.33. The summed E-state index contributed by atoms with van der Waals surface area (Å²) >= 11 is 3.42. The minimum Gasteiger partial charge on any atom is -0.215 e. The Morgan fingerprint density at radius 1 is 1.21 bits per heavy atom. The summed E-state index contributed by atoms with van der Waals surface area (Å²) in [6.07, 6.45) is 3.53. The van der Waals surface area contributed by atoms with Crippen LogP contribution in [0.15, 0.2) is 22.9 Å². The van der Waals surface area contributed by atoms with Gasteiger partial charge < -0.3 is 0 Å². The van der Waals surface area contributed by atoms with Crippen LogP contribution in [-0.4, -0.2) is 19.7 Å². The second kappa shape index (κ2) is 3.49. The molecular formula is C9H9BrN4. The average molecular weight is 253 g/mol. The van der Waals surface area contributed by atoms with Crippen molar-refractivity contribution < 1.29 is 0 Å². The zero-order valence-corrected chi connectivity index (χ0v) is 9.48. The monoisotopic (exact) mass is 252 g/mol. The van der Waals surface area contributed by atoms with Crippen LogP contribution in [0.1, 0.15) is 11.4 Å².